The van der Waals surface area contributed by atoms with Gasteiger partial charge in [-0.3, -0.25) is 9.99 Å². The van der Waals surface area contributed by atoms with Gasteiger partial charge in [-0.15, -0.1) is 5.53 Å². The van der Waals surface area contributed by atoms with E-state index in [9.17, 15) is 9.65 Å². The predicted molar refractivity (Wildman–Crippen MR) is 168 cm³/mol. The molecule has 12 heteroatoms. The van der Waals surface area contributed by atoms with E-state index in [1.165, 1.54) is 30.5 Å². The van der Waals surface area contributed by atoms with Gasteiger partial charge in [-0.25, -0.2) is 8.78 Å². The van der Waals surface area contributed by atoms with Crippen molar-refractivity contribution in [3.05, 3.63) is 106 Å². The lowest BCUT2D eigenvalue weighted by atomic mass is 10.0. The molecule has 5 N–H and O–H groups in total. The van der Waals surface area contributed by atoms with Gasteiger partial charge in [0, 0.05) is 40.2 Å². The van der Waals surface area contributed by atoms with Crippen LogP contribution in [-0.4, -0.2) is 35.2 Å². The summed E-state index contributed by atoms with van der Waals surface area (Å²) in [6, 6.07) is 9.02. The summed E-state index contributed by atoms with van der Waals surface area (Å²) in [5, 5.41) is 22.5. The summed E-state index contributed by atoms with van der Waals surface area (Å²) in [7, 11) is 0. The normalized spacial score (nSPS) is 16.6. The van der Waals surface area contributed by atoms with Crippen molar-refractivity contribution in [3.63, 3.8) is 0 Å². The highest BCUT2D eigenvalue weighted by atomic mass is 35.5. The van der Waals surface area contributed by atoms with Gasteiger partial charge in [0.05, 0.1) is 28.0 Å². The number of rotatable bonds is 9. The number of nitrogens with zero attached hydrogens (tertiary/aromatic N) is 3. The lowest BCUT2D eigenvalue weighted by molar-refractivity contribution is 0.162. The zero-order valence-corrected chi connectivity index (χ0v) is 24.8. The number of aromatic nitrogens is 1. The maximum atomic E-state index is 15.5. The highest BCUT2D eigenvalue weighted by Gasteiger charge is 2.27. The third-order valence-corrected chi connectivity index (χ3v) is 7.90. The number of pyridine rings is 1. The molecule has 1 aromatic heterocycles. The Hall–Kier alpha value is -4.14. The van der Waals surface area contributed by atoms with Crippen molar-refractivity contribution in [2.24, 2.45) is 0 Å². The van der Waals surface area contributed by atoms with Crippen molar-refractivity contribution in [2.45, 2.75) is 31.8 Å². The number of hydrogen-bond donors (Lipinski definition) is 5. The van der Waals surface area contributed by atoms with Crippen LogP contribution < -0.4 is 26.9 Å². The fraction of sp³-hybridized carbons (Fsp3) is 0.226. The molecule has 2 aliphatic heterocycles. The smallest absolute Gasteiger partial charge is 0.151 e. The number of fused-ring (bicyclic) bond motifs is 1. The third kappa shape index (κ3) is 6.92. The topological polar surface area (TPSA) is 100 Å². The molecular weight excluding hydrogens is 593 g/mol. The quantitative estimate of drug-likeness (QED) is 0.167. The fourth-order valence-corrected chi connectivity index (χ4v) is 5.21. The second-order valence-corrected chi connectivity index (χ2v) is 11.0. The first-order valence-corrected chi connectivity index (χ1v) is 14.4. The minimum Gasteiger partial charge on any atom is -0.373 e. The Bertz CT molecular complexity index is 1670. The molecule has 0 radical (unpaired) electrons. The van der Waals surface area contributed by atoms with E-state index >= 15 is 4.39 Å². The molecule has 3 aromatic rings. The molecule has 3 heterocycles. The first-order valence-electron chi connectivity index (χ1n) is 13.7. The standard InChI is InChI=1S/C31H30Cl2F2N8/c1-3-20(32)5-4-18(2)29(28-17-43(42-41-28)23-8-10-37-11-9-23)40-22-12-24-30(39-21-6-7-26(34)25(33)13-21)19(15-36)16-38-31(24)27(35)14-22/h3-7,12-14,16-17,23,29,37,40-42H,2,8-11H2,1H3,(H,38,39)/b5-4-,20-3+/t29-/m0/s1. The van der Waals surface area contributed by atoms with Crippen LogP contribution in [0.5, 0.6) is 0 Å². The highest BCUT2D eigenvalue weighted by molar-refractivity contribution is 6.31. The Morgan fingerprint density at radius 3 is 2.70 bits per heavy atom. The Morgan fingerprint density at radius 2 is 1.98 bits per heavy atom. The molecule has 0 spiro atoms. The van der Waals surface area contributed by atoms with E-state index in [4.69, 9.17) is 23.2 Å². The maximum Gasteiger partial charge on any atom is 0.151 e. The lowest BCUT2D eigenvalue weighted by Crippen LogP contribution is -2.48. The van der Waals surface area contributed by atoms with Gasteiger partial charge in [0.25, 0.3) is 0 Å². The largest absolute Gasteiger partial charge is 0.373 e. The van der Waals surface area contributed by atoms with E-state index in [0.29, 0.717) is 39.1 Å². The van der Waals surface area contributed by atoms with Crippen LogP contribution in [0.4, 0.5) is 25.8 Å². The molecule has 43 heavy (non-hydrogen) atoms. The van der Waals surface area contributed by atoms with Crippen molar-refractivity contribution in [1.82, 2.24) is 26.3 Å². The molecule has 0 amide bonds. The molecule has 8 nitrogen and oxygen atoms in total. The zero-order valence-electron chi connectivity index (χ0n) is 23.3. The van der Waals surface area contributed by atoms with Crippen LogP contribution in [0.15, 0.2) is 83.8 Å². The van der Waals surface area contributed by atoms with E-state index in [1.807, 2.05) is 18.1 Å². The van der Waals surface area contributed by atoms with E-state index in [1.54, 1.807) is 24.3 Å². The molecule has 1 atom stereocenters. The number of benzene rings is 2. The zero-order chi connectivity index (χ0) is 30.5. The number of piperidine rings is 1. The number of anilines is 3. The Balaban J connectivity index is 1.53. The number of allylic oxidation sites excluding steroid dienone is 3. The first kappa shape index (κ1) is 30.3. The van der Waals surface area contributed by atoms with E-state index < -0.39 is 17.7 Å². The molecule has 5 rings (SSSR count). The van der Waals surface area contributed by atoms with Gasteiger partial charge in [0.1, 0.15) is 17.4 Å². The average Bonchev–Trinajstić information content (AvgIpc) is 3.51. The van der Waals surface area contributed by atoms with Gasteiger partial charge in [-0.2, -0.15) is 5.26 Å². The van der Waals surface area contributed by atoms with Gasteiger partial charge in [0.15, 0.2) is 5.82 Å². The van der Waals surface area contributed by atoms with Crippen molar-refractivity contribution < 1.29 is 8.78 Å². The summed E-state index contributed by atoms with van der Waals surface area (Å²) in [5.74, 6) is -1.17. The lowest BCUT2D eigenvalue weighted by Gasteiger charge is -2.30. The summed E-state index contributed by atoms with van der Waals surface area (Å²) in [6.07, 6.45) is 10.5. The van der Waals surface area contributed by atoms with Crippen LogP contribution >= 0.6 is 23.2 Å². The summed E-state index contributed by atoms with van der Waals surface area (Å²) < 4.78 is 29.3. The summed E-state index contributed by atoms with van der Waals surface area (Å²) in [5.41, 5.74) is 9.29. The Morgan fingerprint density at radius 1 is 1.19 bits per heavy atom. The number of nitriles is 1. The van der Waals surface area contributed by atoms with Crippen LogP contribution in [0.1, 0.15) is 25.3 Å². The summed E-state index contributed by atoms with van der Waals surface area (Å²) >= 11 is 12.2. The maximum absolute atomic E-state index is 15.5. The second-order valence-electron chi connectivity index (χ2n) is 10.1. The summed E-state index contributed by atoms with van der Waals surface area (Å²) in [6.45, 7) is 7.96. The first-order chi connectivity index (χ1) is 20.8. The average molecular weight is 624 g/mol. The van der Waals surface area contributed by atoms with Crippen molar-refractivity contribution >= 4 is 51.2 Å². The van der Waals surface area contributed by atoms with Crippen LogP contribution in [0.3, 0.4) is 0 Å². The molecule has 222 valence electrons. The van der Waals surface area contributed by atoms with Crippen molar-refractivity contribution in [2.75, 3.05) is 23.7 Å². The van der Waals surface area contributed by atoms with Gasteiger partial charge < -0.3 is 21.4 Å². The molecule has 2 aliphatic rings. The molecule has 0 saturated carbocycles. The molecular formula is C31H30Cl2F2N8. The Labute approximate surface area is 258 Å². The van der Waals surface area contributed by atoms with Crippen LogP contribution in [0.2, 0.25) is 5.02 Å². The Kier molecular flexibility index (Phi) is 9.48. The second kappa shape index (κ2) is 13.4. The SMILES string of the molecule is C=C(/C=C\C(Cl)=C/C)[C@H](Nc1cc(F)c2ncc(C#N)c(Nc3ccc(F)c(Cl)c3)c2c1)C1=CN(C2CCNCC2)NN1. The fourth-order valence-electron chi connectivity index (χ4n) is 4.97. The number of nitrogens with one attached hydrogen (secondary N) is 5. The minimum atomic E-state index is -0.593. The molecule has 0 unspecified atom stereocenters. The van der Waals surface area contributed by atoms with Gasteiger partial charge in [-0.05, 0) is 74.8 Å². The third-order valence-electron chi connectivity index (χ3n) is 7.27. The van der Waals surface area contributed by atoms with Gasteiger partial charge in [0.2, 0.25) is 0 Å². The molecule has 2 aromatic carbocycles. The van der Waals surface area contributed by atoms with Gasteiger partial charge in [-0.1, -0.05) is 41.9 Å². The highest BCUT2D eigenvalue weighted by Crippen LogP contribution is 2.34. The molecule has 1 fully saturated rings. The minimum absolute atomic E-state index is 0.0624. The number of hydrazine groups is 2. The molecule has 0 aliphatic carbocycles. The van der Waals surface area contributed by atoms with Gasteiger partial charge >= 0.3 is 0 Å². The van der Waals surface area contributed by atoms with E-state index in [-0.39, 0.29) is 16.1 Å². The predicted octanol–water partition coefficient (Wildman–Crippen LogP) is 6.74. The van der Waals surface area contributed by atoms with E-state index in [0.717, 1.165) is 31.6 Å². The molecule has 1 saturated heterocycles. The van der Waals surface area contributed by atoms with Crippen LogP contribution in [-0.2, 0) is 0 Å². The summed E-state index contributed by atoms with van der Waals surface area (Å²) in [4.78, 5) is 4.19. The van der Waals surface area contributed by atoms with Crippen molar-refractivity contribution in [1.29, 1.82) is 5.26 Å². The number of hydrogen-bond acceptors (Lipinski definition) is 8. The van der Waals surface area contributed by atoms with Crippen LogP contribution in [0.25, 0.3) is 10.9 Å². The van der Waals surface area contributed by atoms with Crippen molar-refractivity contribution in [3.8, 4) is 6.07 Å². The monoisotopic (exact) mass is 622 g/mol. The molecule has 0 bridgehead atoms. The van der Waals surface area contributed by atoms with E-state index in [2.05, 4.69) is 44.5 Å². The number of halogens is 4. The van der Waals surface area contributed by atoms with Crippen LogP contribution in [0, 0.1) is 23.0 Å².